The maximum atomic E-state index is 4.33. The van der Waals surface area contributed by atoms with E-state index in [1.165, 1.54) is 17.5 Å². The molecule has 112 valence electrons. The summed E-state index contributed by atoms with van der Waals surface area (Å²) < 4.78 is 2.24. The second-order valence-corrected chi connectivity index (χ2v) is 5.81. The number of nitrogens with zero attached hydrogens (tertiary/aromatic N) is 4. The lowest BCUT2D eigenvalue weighted by atomic mass is 10.1. The average molecular weight is 285 g/mol. The Kier molecular flexibility index (Phi) is 4.29. The highest BCUT2D eigenvalue weighted by molar-refractivity contribution is 5.21. The Balaban J connectivity index is 1.52. The fourth-order valence-corrected chi connectivity index (χ4v) is 3.02. The van der Waals surface area contributed by atoms with E-state index in [9.17, 15) is 0 Å². The minimum absolute atomic E-state index is 0.356. The van der Waals surface area contributed by atoms with E-state index < -0.39 is 0 Å². The number of aromatic nitrogens is 4. The molecule has 5 heteroatoms. The van der Waals surface area contributed by atoms with Crippen molar-refractivity contribution in [2.24, 2.45) is 0 Å². The van der Waals surface area contributed by atoms with Gasteiger partial charge in [0.2, 0.25) is 0 Å². The van der Waals surface area contributed by atoms with Crippen molar-refractivity contribution < 1.29 is 0 Å². The van der Waals surface area contributed by atoms with Crippen molar-refractivity contribution in [1.29, 1.82) is 0 Å². The normalized spacial score (nSPS) is 17.7. The lowest BCUT2D eigenvalue weighted by molar-refractivity contribution is 0.381. The molecule has 0 amide bonds. The number of rotatable bonds is 5. The molecular weight excluding hydrogens is 262 g/mol. The Hall–Kier alpha value is -1.75. The number of hydrogen-bond donors (Lipinski definition) is 1. The maximum Gasteiger partial charge on any atom is 0.150 e. The zero-order chi connectivity index (χ0) is 14.7. The molecule has 1 unspecified atom stereocenters. The van der Waals surface area contributed by atoms with Crippen LogP contribution in [-0.4, -0.2) is 26.3 Å². The Labute approximate surface area is 125 Å². The molecule has 0 fully saturated rings. The van der Waals surface area contributed by atoms with Crippen LogP contribution in [0.4, 0.5) is 0 Å². The van der Waals surface area contributed by atoms with Crippen LogP contribution < -0.4 is 5.32 Å². The van der Waals surface area contributed by atoms with E-state index in [2.05, 4.69) is 38.1 Å². The second-order valence-electron chi connectivity index (χ2n) is 5.81. The molecule has 21 heavy (non-hydrogen) atoms. The zero-order valence-corrected chi connectivity index (χ0v) is 12.8. The van der Waals surface area contributed by atoms with Crippen LogP contribution >= 0.6 is 0 Å². The molecule has 3 heterocycles. The first-order valence-corrected chi connectivity index (χ1v) is 7.78. The van der Waals surface area contributed by atoms with Crippen molar-refractivity contribution in [3.05, 3.63) is 41.2 Å². The van der Waals surface area contributed by atoms with Gasteiger partial charge in [0.05, 0.1) is 6.04 Å². The number of nitrogens with one attached hydrogen (secondary N) is 1. The Bertz CT molecular complexity index is 604. The van der Waals surface area contributed by atoms with E-state index in [1.54, 1.807) is 0 Å². The smallest absolute Gasteiger partial charge is 0.150 e. The van der Waals surface area contributed by atoms with E-state index in [-0.39, 0.29) is 0 Å². The SMILES string of the molecule is Cc1ccncc1CCCNC1CCCn2c(C)nnc21. The molecule has 0 radical (unpaired) electrons. The van der Waals surface area contributed by atoms with Gasteiger partial charge in [-0.3, -0.25) is 4.98 Å². The lowest BCUT2D eigenvalue weighted by Crippen LogP contribution is -2.29. The molecule has 0 spiro atoms. The minimum Gasteiger partial charge on any atom is -0.314 e. The standard InChI is InChI=1S/C16H23N5/c1-12-7-9-17-11-14(12)5-3-8-18-15-6-4-10-21-13(2)19-20-16(15)21/h7,9,11,15,18H,3-6,8,10H2,1-2H3. The molecule has 1 atom stereocenters. The summed E-state index contributed by atoms with van der Waals surface area (Å²) in [5.74, 6) is 2.14. The van der Waals surface area contributed by atoms with Crippen molar-refractivity contribution in [3.63, 3.8) is 0 Å². The molecule has 2 aromatic rings. The van der Waals surface area contributed by atoms with Gasteiger partial charge in [-0.05, 0) is 63.3 Å². The molecule has 1 aliphatic rings. The number of hydrogen-bond acceptors (Lipinski definition) is 4. The largest absolute Gasteiger partial charge is 0.314 e. The van der Waals surface area contributed by atoms with Crippen LogP contribution in [0, 0.1) is 13.8 Å². The van der Waals surface area contributed by atoms with Crippen LogP contribution in [0.2, 0.25) is 0 Å². The zero-order valence-electron chi connectivity index (χ0n) is 12.8. The van der Waals surface area contributed by atoms with E-state index in [4.69, 9.17) is 0 Å². The van der Waals surface area contributed by atoms with Gasteiger partial charge in [-0.15, -0.1) is 10.2 Å². The third-order valence-electron chi connectivity index (χ3n) is 4.31. The topological polar surface area (TPSA) is 55.6 Å². The summed E-state index contributed by atoms with van der Waals surface area (Å²) in [7, 11) is 0. The third kappa shape index (κ3) is 3.13. The Morgan fingerprint density at radius 3 is 3.10 bits per heavy atom. The highest BCUT2D eigenvalue weighted by Crippen LogP contribution is 2.23. The van der Waals surface area contributed by atoms with Gasteiger partial charge in [0.1, 0.15) is 11.6 Å². The van der Waals surface area contributed by atoms with E-state index in [1.807, 2.05) is 19.3 Å². The lowest BCUT2D eigenvalue weighted by Gasteiger charge is -2.24. The summed E-state index contributed by atoms with van der Waals surface area (Å²) in [5, 5.41) is 12.2. The first kappa shape index (κ1) is 14.2. The fourth-order valence-electron chi connectivity index (χ4n) is 3.02. The summed E-state index contributed by atoms with van der Waals surface area (Å²) in [6.07, 6.45) is 8.39. The third-order valence-corrected chi connectivity index (χ3v) is 4.31. The monoisotopic (exact) mass is 285 g/mol. The quantitative estimate of drug-likeness (QED) is 0.857. The van der Waals surface area contributed by atoms with Crippen LogP contribution in [-0.2, 0) is 13.0 Å². The van der Waals surface area contributed by atoms with Gasteiger partial charge in [0, 0.05) is 18.9 Å². The molecule has 0 saturated heterocycles. The average Bonchev–Trinajstić information content (AvgIpc) is 2.88. The molecule has 0 saturated carbocycles. The summed E-state index contributed by atoms with van der Waals surface area (Å²) in [6, 6.07) is 2.43. The van der Waals surface area contributed by atoms with Crippen LogP contribution in [0.25, 0.3) is 0 Å². The van der Waals surface area contributed by atoms with Gasteiger partial charge in [0.15, 0.2) is 0 Å². The Morgan fingerprint density at radius 2 is 2.24 bits per heavy atom. The van der Waals surface area contributed by atoms with Crippen LogP contribution in [0.1, 0.15) is 48.1 Å². The van der Waals surface area contributed by atoms with Crippen LogP contribution in [0.5, 0.6) is 0 Å². The summed E-state index contributed by atoms with van der Waals surface area (Å²) >= 11 is 0. The molecule has 0 aromatic carbocycles. The number of pyridine rings is 1. The molecule has 5 nitrogen and oxygen atoms in total. The number of aryl methyl sites for hydroxylation is 3. The van der Waals surface area contributed by atoms with Gasteiger partial charge in [-0.25, -0.2) is 0 Å². The van der Waals surface area contributed by atoms with Crippen molar-refractivity contribution in [1.82, 2.24) is 25.1 Å². The van der Waals surface area contributed by atoms with Crippen molar-refractivity contribution in [2.75, 3.05) is 6.54 Å². The van der Waals surface area contributed by atoms with E-state index >= 15 is 0 Å². The second kappa shape index (κ2) is 6.35. The first-order chi connectivity index (χ1) is 10.3. The fraction of sp³-hybridized carbons (Fsp3) is 0.562. The molecular formula is C16H23N5. The molecule has 1 aliphatic heterocycles. The van der Waals surface area contributed by atoms with Gasteiger partial charge in [0.25, 0.3) is 0 Å². The molecule has 0 bridgehead atoms. The van der Waals surface area contributed by atoms with Gasteiger partial charge >= 0.3 is 0 Å². The van der Waals surface area contributed by atoms with E-state index in [0.29, 0.717) is 6.04 Å². The molecule has 3 rings (SSSR count). The predicted molar refractivity (Wildman–Crippen MR) is 82.0 cm³/mol. The van der Waals surface area contributed by atoms with Gasteiger partial charge in [-0.1, -0.05) is 0 Å². The molecule has 0 aliphatic carbocycles. The maximum absolute atomic E-state index is 4.33. The van der Waals surface area contributed by atoms with E-state index in [0.717, 1.165) is 44.0 Å². The highest BCUT2D eigenvalue weighted by Gasteiger charge is 2.23. The van der Waals surface area contributed by atoms with Crippen LogP contribution in [0.3, 0.4) is 0 Å². The summed E-state index contributed by atoms with van der Waals surface area (Å²) in [6.45, 7) is 6.24. The van der Waals surface area contributed by atoms with Gasteiger partial charge in [-0.2, -0.15) is 0 Å². The van der Waals surface area contributed by atoms with Gasteiger partial charge < -0.3 is 9.88 Å². The van der Waals surface area contributed by atoms with Crippen molar-refractivity contribution >= 4 is 0 Å². The minimum atomic E-state index is 0.356. The molecule has 1 N–H and O–H groups in total. The van der Waals surface area contributed by atoms with Crippen molar-refractivity contribution in [3.8, 4) is 0 Å². The molecule has 2 aromatic heterocycles. The summed E-state index contributed by atoms with van der Waals surface area (Å²) in [4.78, 5) is 4.20. The Morgan fingerprint density at radius 1 is 1.33 bits per heavy atom. The number of fused-ring (bicyclic) bond motifs is 1. The van der Waals surface area contributed by atoms with Crippen molar-refractivity contribution in [2.45, 2.75) is 52.1 Å². The van der Waals surface area contributed by atoms with Crippen LogP contribution in [0.15, 0.2) is 18.5 Å². The summed E-state index contributed by atoms with van der Waals surface area (Å²) in [5.41, 5.74) is 2.68. The highest BCUT2D eigenvalue weighted by atomic mass is 15.3. The first-order valence-electron chi connectivity index (χ1n) is 7.78. The predicted octanol–water partition coefficient (Wildman–Crippen LogP) is 2.35.